The maximum Gasteiger partial charge on any atom is 0.337 e. The lowest BCUT2D eigenvalue weighted by molar-refractivity contribution is -0.0279. The Labute approximate surface area is 129 Å². The van der Waals surface area contributed by atoms with Crippen molar-refractivity contribution in [2.75, 3.05) is 31.7 Å². The molecule has 0 bridgehead atoms. The van der Waals surface area contributed by atoms with Gasteiger partial charge in [-0.3, -0.25) is 0 Å². The number of ether oxygens (including phenoxy) is 2. The molecule has 5 heteroatoms. The first kappa shape index (κ1) is 14.8. The zero-order valence-corrected chi connectivity index (χ0v) is 13.1. The molecule has 0 amide bonds. The van der Waals surface area contributed by atoms with E-state index >= 15 is 0 Å². The molecule has 0 N–H and O–H groups in total. The SMILES string of the molecule is COC(=O)c1ccc2nc(N3CCOC(C)(C)C3)ccc2c1. The van der Waals surface area contributed by atoms with Crippen molar-refractivity contribution < 1.29 is 14.3 Å². The van der Waals surface area contributed by atoms with Crippen molar-refractivity contribution >= 4 is 22.7 Å². The fourth-order valence-corrected chi connectivity index (χ4v) is 2.75. The number of anilines is 1. The van der Waals surface area contributed by atoms with Gasteiger partial charge in [0, 0.05) is 18.5 Å². The summed E-state index contributed by atoms with van der Waals surface area (Å²) in [5.41, 5.74) is 1.25. The normalized spacial score (nSPS) is 17.5. The number of esters is 1. The molecule has 1 aromatic heterocycles. The molecule has 2 heterocycles. The van der Waals surface area contributed by atoms with Gasteiger partial charge in [-0.25, -0.2) is 9.78 Å². The molecule has 0 aliphatic carbocycles. The molecule has 1 aliphatic heterocycles. The Kier molecular flexibility index (Phi) is 3.74. The van der Waals surface area contributed by atoms with E-state index in [0.717, 1.165) is 29.8 Å². The molecular formula is C17H20N2O3. The fourth-order valence-electron chi connectivity index (χ4n) is 2.75. The molecule has 0 radical (unpaired) electrons. The summed E-state index contributed by atoms with van der Waals surface area (Å²) < 4.78 is 10.5. The van der Waals surface area contributed by atoms with Gasteiger partial charge in [-0.15, -0.1) is 0 Å². The van der Waals surface area contributed by atoms with Gasteiger partial charge in [-0.2, -0.15) is 0 Å². The topological polar surface area (TPSA) is 51.7 Å². The second kappa shape index (κ2) is 5.57. The maximum absolute atomic E-state index is 11.6. The van der Waals surface area contributed by atoms with Crippen LogP contribution < -0.4 is 4.90 Å². The minimum absolute atomic E-state index is 0.163. The number of hydrogen-bond acceptors (Lipinski definition) is 5. The van der Waals surface area contributed by atoms with Crippen LogP contribution in [0.25, 0.3) is 10.9 Å². The molecule has 5 nitrogen and oxygen atoms in total. The summed E-state index contributed by atoms with van der Waals surface area (Å²) in [6.45, 7) is 6.52. The van der Waals surface area contributed by atoms with E-state index in [1.54, 1.807) is 12.1 Å². The third-order valence-electron chi connectivity index (χ3n) is 3.85. The quantitative estimate of drug-likeness (QED) is 0.798. The Hall–Kier alpha value is -2.14. The largest absolute Gasteiger partial charge is 0.465 e. The summed E-state index contributed by atoms with van der Waals surface area (Å²) in [6, 6.07) is 9.39. The number of fused-ring (bicyclic) bond motifs is 1. The highest BCUT2D eigenvalue weighted by atomic mass is 16.5. The fraction of sp³-hybridized carbons (Fsp3) is 0.412. The van der Waals surface area contributed by atoms with Gasteiger partial charge >= 0.3 is 5.97 Å². The molecule has 0 atom stereocenters. The summed E-state index contributed by atoms with van der Waals surface area (Å²) in [7, 11) is 1.38. The highest BCUT2D eigenvalue weighted by Crippen LogP contribution is 2.24. The molecule has 2 aromatic rings. The number of rotatable bonds is 2. The van der Waals surface area contributed by atoms with Crippen LogP contribution in [-0.2, 0) is 9.47 Å². The van der Waals surface area contributed by atoms with E-state index in [9.17, 15) is 4.79 Å². The summed E-state index contributed by atoms with van der Waals surface area (Å²) >= 11 is 0. The van der Waals surface area contributed by atoms with E-state index in [4.69, 9.17) is 14.5 Å². The first-order chi connectivity index (χ1) is 10.5. The minimum Gasteiger partial charge on any atom is -0.465 e. The summed E-state index contributed by atoms with van der Waals surface area (Å²) in [6.07, 6.45) is 0. The number of hydrogen-bond donors (Lipinski definition) is 0. The van der Waals surface area contributed by atoms with Crippen LogP contribution >= 0.6 is 0 Å². The monoisotopic (exact) mass is 300 g/mol. The first-order valence-electron chi connectivity index (χ1n) is 7.36. The number of methoxy groups -OCH3 is 1. The van der Waals surface area contributed by atoms with Crippen LogP contribution in [0.15, 0.2) is 30.3 Å². The molecule has 22 heavy (non-hydrogen) atoms. The smallest absolute Gasteiger partial charge is 0.337 e. The number of benzene rings is 1. The number of pyridine rings is 1. The van der Waals surface area contributed by atoms with Gasteiger partial charge in [0.05, 0.1) is 30.4 Å². The molecule has 0 unspecified atom stereocenters. The van der Waals surface area contributed by atoms with Gasteiger partial charge in [0.25, 0.3) is 0 Å². The van der Waals surface area contributed by atoms with Crippen LogP contribution in [0.1, 0.15) is 24.2 Å². The van der Waals surface area contributed by atoms with Gasteiger partial charge < -0.3 is 14.4 Å². The Morgan fingerprint density at radius 3 is 2.86 bits per heavy atom. The zero-order chi connectivity index (χ0) is 15.7. The van der Waals surface area contributed by atoms with Crippen molar-refractivity contribution in [1.29, 1.82) is 0 Å². The van der Waals surface area contributed by atoms with Crippen molar-refractivity contribution in [2.24, 2.45) is 0 Å². The van der Waals surface area contributed by atoms with Gasteiger partial charge in [-0.05, 0) is 44.2 Å². The molecular weight excluding hydrogens is 280 g/mol. The standard InChI is InChI=1S/C17H20N2O3/c1-17(2)11-19(8-9-22-17)15-7-5-12-10-13(16(20)21-3)4-6-14(12)18-15/h4-7,10H,8-9,11H2,1-3H3. The second-order valence-electron chi connectivity index (χ2n) is 6.10. The van der Waals surface area contributed by atoms with Crippen molar-refractivity contribution in [2.45, 2.75) is 19.4 Å². The van der Waals surface area contributed by atoms with Gasteiger partial charge in [0.1, 0.15) is 5.82 Å². The minimum atomic E-state index is -0.332. The molecule has 1 aliphatic rings. The number of carbonyl (C=O) groups is 1. The van der Waals surface area contributed by atoms with E-state index in [1.165, 1.54) is 7.11 Å². The van der Waals surface area contributed by atoms with E-state index < -0.39 is 0 Å². The van der Waals surface area contributed by atoms with E-state index in [1.807, 2.05) is 18.2 Å². The van der Waals surface area contributed by atoms with Crippen molar-refractivity contribution in [1.82, 2.24) is 4.98 Å². The lowest BCUT2D eigenvalue weighted by Crippen LogP contribution is -2.48. The molecule has 0 spiro atoms. The Bertz CT molecular complexity index is 712. The number of morpholine rings is 1. The Morgan fingerprint density at radius 1 is 1.32 bits per heavy atom. The molecule has 0 saturated carbocycles. The molecule has 1 saturated heterocycles. The van der Waals surface area contributed by atoms with E-state index in [0.29, 0.717) is 12.2 Å². The van der Waals surface area contributed by atoms with Crippen molar-refractivity contribution in [3.63, 3.8) is 0 Å². The van der Waals surface area contributed by atoms with E-state index in [-0.39, 0.29) is 11.6 Å². The Morgan fingerprint density at radius 2 is 2.14 bits per heavy atom. The molecule has 116 valence electrons. The van der Waals surface area contributed by atoms with Crippen LogP contribution in [-0.4, -0.2) is 43.4 Å². The van der Waals surface area contributed by atoms with Crippen LogP contribution in [0.3, 0.4) is 0 Å². The highest BCUT2D eigenvalue weighted by molar-refractivity contribution is 5.94. The zero-order valence-electron chi connectivity index (χ0n) is 13.1. The highest BCUT2D eigenvalue weighted by Gasteiger charge is 2.27. The Balaban J connectivity index is 1.92. The van der Waals surface area contributed by atoms with Gasteiger partial charge in [0.2, 0.25) is 0 Å². The van der Waals surface area contributed by atoms with Gasteiger partial charge in [0.15, 0.2) is 0 Å². The van der Waals surface area contributed by atoms with Crippen LogP contribution in [0.5, 0.6) is 0 Å². The number of nitrogens with zero attached hydrogens (tertiary/aromatic N) is 2. The summed E-state index contributed by atoms with van der Waals surface area (Å²) in [5.74, 6) is 0.607. The van der Waals surface area contributed by atoms with Gasteiger partial charge in [-0.1, -0.05) is 0 Å². The van der Waals surface area contributed by atoms with Crippen molar-refractivity contribution in [3.05, 3.63) is 35.9 Å². The number of carbonyl (C=O) groups excluding carboxylic acids is 1. The second-order valence-corrected chi connectivity index (χ2v) is 6.10. The third-order valence-corrected chi connectivity index (χ3v) is 3.85. The van der Waals surface area contributed by atoms with Crippen molar-refractivity contribution in [3.8, 4) is 0 Å². The average molecular weight is 300 g/mol. The predicted molar refractivity (Wildman–Crippen MR) is 85.3 cm³/mol. The van der Waals surface area contributed by atoms with E-state index in [2.05, 4.69) is 18.7 Å². The summed E-state index contributed by atoms with van der Waals surface area (Å²) in [5, 5.41) is 0.930. The first-order valence-corrected chi connectivity index (χ1v) is 7.36. The molecule has 3 rings (SSSR count). The van der Waals surface area contributed by atoms with Crippen LogP contribution in [0.4, 0.5) is 5.82 Å². The van der Waals surface area contributed by atoms with Crippen LogP contribution in [0.2, 0.25) is 0 Å². The summed E-state index contributed by atoms with van der Waals surface area (Å²) in [4.78, 5) is 18.5. The lowest BCUT2D eigenvalue weighted by atomic mass is 10.1. The van der Waals surface area contributed by atoms with Crippen LogP contribution in [0, 0.1) is 0 Å². The predicted octanol–water partition coefficient (Wildman–Crippen LogP) is 2.64. The maximum atomic E-state index is 11.6. The number of aromatic nitrogens is 1. The lowest BCUT2D eigenvalue weighted by Gasteiger charge is -2.38. The molecule has 1 fully saturated rings. The third kappa shape index (κ3) is 2.90. The molecule has 1 aromatic carbocycles. The average Bonchev–Trinajstić information content (AvgIpc) is 2.52.